The van der Waals surface area contributed by atoms with E-state index in [2.05, 4.69) is 5.32 Å². The zero-order valence-electron chi connectivity index (χ0n) is 9.78. The Morgan fingerprint density at radius 1 is 1.35 bits per heavy atom. The van der Waals surface area contributed by atoms with Crippen molar-refractivity contribution < 1.29 is 9.90 Å². The number of nitrogens with two attached hydrogens (primary N) is 1. The molecule has 0 unspecified atom stereocenters. The van der Waals surface area contributed by atoms with Gasteiger partial charge in [-0.3, -0.25) is 4.79 Å². The third-order valence-corrected chi connectivity index (χ3v) is 3.33. The topological polar surface area (TPSA) is 75.4 Å². The average Bonchev–Trinajstić information content (AvgIpc) is 2.28. The molecule has 4 heteroatoms. The number of phenolic OH excluding ortho intramolecular Hbond substituents is 1. The fourth-order valence-corrected chi connectivity index (χ4v) is 1.94. The second-order valence-electron chi connectivity index (χ2n) is 4.68. The molecule has 1 aliphatic rings. The van der Waals surface area contributed by atoms with Crippen LogP contribution in [0.4, 0.5) is 0 Å². The molecule has 1 fully saturated rings. The van der Waals surface area contributed by atoms with Crippen LogP contribution in [0.1, 0.15) is 24.8 Å². The normalized spacial score (nSPS) is 17.2. The Labute approximate surface area is 101 Å². The van der Waals surface area contributed by atoms with Crippen molar-refractivity contribution in [3.63, 3.8) is 0 Å². The van der Waals surface area contributed by atoms with Crippen molar-refractivity contribution >= 4 is 5.91 Å². The molecule has 0 bridgehead atoms. The highest BCUT2D eigenvalue weighted by molar-refractivity contribution is 5.86. The summed E-state index contributed by atoms with van der Waals surface area (Å²) < 4.78 is 0. The van der Waals surface area contributed by atoms with E-state index in [4.69, 9.17) is 10.8 Å². The molecule has 4 nitrogen and oxygen atoms in total. The molecule has 1 amide bonds. The van der Waals surface area contributed by atoms with Gasteiger partial charge in [-0.25, -0.2) is 0 Å². The molecule has 92 valence electrons. The van der Waals surface area contributed by atoms with Crippen molar-refractivity contribution in [2.75, 3.05) is 6.54 Å². The van der Waals surface area contributed by atoms with Gasteiger partial charge in [-0.15, -0.1) is 0 Å². The van der Waals surface area contributed by atoms with E-state index in [-0.39, 0.29) is 11.7 Å². The lowest BCUT2D eigenvalue weighted by Gasteiger charge is -2.36. The highest BCUT2D eigenvalue weighted by Crippen LogP contribution is 2.28. The molecule has 4 N–H and O–H groups in total. The predicted octanol–water partition coefficient (Wildman–Crippen LogP) is 0.932. The summed E-state index contributed by atoms with van der Waals surface area (Å²) >= 11 is 0. The monoisotopic (exact) mass is 234 g/mol. The van der Waals surface area contributed by atoms with Crippen molar-refractivity contribution in [1.29, 1.82) is 0 Å². The van der Waals surface area contributed by atoms with Gasteiger partial charge in [-0.05, 0) is 43.4 Å². The lowest BCUT2D eigenvalue weighted by Crippen LogP contribution is -2.58. The van der Waals surface area contributed by atoms with E-state index in [1.54, 1.807) is 12.1 Å². The number of carbonyl (C=O) groups is 1. The minimum atomic E-state index is -0.616. The van der Waals surface area contributed by atoms with Gasteiger partial charge in [0.1, 0.15) is 5.75 Å². The van der Waals surface area contributed by atoms with Crippen molar-refractivity contribution in [3.8, 4) is 5.75 Å². The van der Waals surface area contributed by atoms with E-state index < -0.39 is 5.54 Å². The second-order valence-corrected chi connectivity index (χ2v) is 4.68. The van der Waals surface area contributed by atoms with Crippen molar-refractivity contribution in [1.82, 2.24) is 5.32 Å². The van der Waals surface area contributed by atoms with E-state index >= 15 is 0 Å². The van der Waals surface area contributed by atoms with E-state index in [1.807, 2.05) is 12.1 Å². The number of hydrogen-bond acceptors (Lipinski definition) is 3. The molecule has 0 aromatic heterocycles. The van der Waals surface area contributed by atoms with Crippen LogP contribution < -0.4 is 11.1 Å². The van der Waals surface area contributed by atoms with Crippen LogP contribution in [0.15, 0.2) is 24.3 Å². The zero-order chi connectivity index (χ0) is 12.3. The minimum absolute atomic E-state index is 0.0393. The van der Waals surface area contributed by atoms with Crippen LogP contribution in [0, 0.1) is 0 Å². The Kier molecular flexibility index (Phi) is 3.33. The molecule has 17 heavy (non-hydrogen) atoms. The molecule has 0 heterocycles. The van der Waals surface area contributed by atoms with Crippen LogP contribution in [0.25, 0.3) is 0 Å². The van der Waals surface area contributed by atoms with E-state index in [0.717, 1.165) is 31.2 Å². The van der Waals surface area contributed by atoms with Crippen LogP contribution in [-0.2, 0) is 11.2 Å². The largest absolute Gasteiger partial charge is 0.508 e. The van der Waals surface area contributed by atoms with Crippen LogP contribution in [-0.4, -0.2) is 23.1 Å². The van der Waals surface area contributed by atoms with Gasteiger partial charge in [0.05, 0.1) is 5.54 Å². The molecule has 1 aromatic rings. The summed E-state index contributed by atoms with van der Waals surface area (Å²) in [5.74, 6) is 0.218. The summed E-state index contributed by atoms with van der Waals surface area (Å²) in [5.41, 5.74) is 6.37. The molecule has 0 spiro atoms. The molecule has 0 saturated heterocycles. The maximum Gasteiger partial charge on any atom is 0.240 e. The Morgan fingerprint density at radius 3 is 2.53 bits per heavy atom. The molecule has 0 aliphatic heterocycles. The first kappa shape index (κ1) is 11.9. The Balaban J connectivity index is 1.76. The van der Waals surface area contributed by atoms with E-state index in [9.17, 15) is 4.79 Å². The molecular formula is C13H18N2O2. The number of rotatable bonds is 4. The highest BCUT2D eigenvalue weighted by atomic mass is 16.3. The van der Waals surface area contributed by atoms with Crippen LogP contribution in [0.3, 0.4) is 0 Å². The van der Waals surface area contributed by atoms with Crippen molar-refractivity contribution in [2.45, 2.75) is 31.2 Å². The molecule has 0 atom stereocenters. The number of aromatic hydroxyl groups is 1. The SMILES string of the molecule is NC1(C(=O)NCCc2ccc(O)cc2)CCC1. The third kappa shape index (κ3) is 2.77. The van der Waals surface area contributed by atoms with E-state index in [1.165, 1.54) is 0 Å². The average molecular weight is 234 g/mol. The van der Waals surface area contributed by atoms with Crippen LogP contribution >= 0.6 is 0 Å². The first-order chi connectivity index (χ1) is 8.10. The molecule has 1 aromatic carbocycles. The smallest absolute Gasteiger partial charge is 0.240 e. The van der Waals surface area contributed by atoms with Crippen molar-refractivity contribution in [3.05, 3.63) is 29.8 Å². The van der Waals surface area contributed by atoms with Crippen LogP contribution in [0.2, 0.25) is 0 Å². The highest BCUT2D eigenvalue weighted by Gasteiger charge is 2.39. The lowest BCUT2D eigenvalue weighted by atomic mass is 9.77. The van der Waals surface area contributed by atoms with Crippen molar-refractivity contribution in [2.24, 2.45) is 5.73 Å². The third-order valence-electron chi connectivity index (χ3n) is 3.33. The fourth-order valence-electron chi connectivity index (χ4n) is 1.94. The summed E-state index contributed by atoms with van der Waals surface area (Å²) in [7, 11) is 0. The maximum atomic E-state index is 11.7. The number of carbonyl (C=O) groups excluding carboxylic acids is 1. The van der Waals surface area contributed by atoms with Gasteiger partial charge in [-0.2, -0.15) is 0 Å². The summed E-state index contributed by atoms with van der Waals surface area (Å²) in [4.78, 5) is 11.7. The van der Waals surface area contributed by atoms with Gasteiger partial charge in [-0.1, -0.05) is 12.1 Å². The fraction of sp³-hybridized carbons (Fsp3) is 0.462. The van der Waals surface area contributed by atoms with Gasteiger partial charge >= 0.3 is 0 Å². The van der Waals surface area contributed by atoms with Gasteiger partial charge in [0.25, 0.3) is 0 Å². The van der Waals surface area contributed by atoms with Gasteiger partial charge in [0.15, 0.2) is 0 Å². The second kappa shape index (κ2) is 4.75. The van der Waals surface area contributed by atoms with Gasteiger partial charge < -0.3 is 16.2 Å². The van der Waals surface area contributed by atoms with Crippen LogP contribution in [0.5, 0.6) is 5.75 Å². The Bertz CT molecular complexity index is 396. The Hall–Kier alpha value is -1.55. The standard InChI is InChI=1S/C13H18N2O2/c14-13(7-1-8-13)12(17)15-9-6-10-2-4-11(16)5-3-10/h2-5,16H,1,6-9,14H2,(H,15,17). The molecule has 0 radical (unpaired) electrons. The number of phenols is 1. The zero-order valence-corrected chi connectivity index (χ0v) is 9.78. The molecular weight excluding hydrogens is 216 g/mol. The quantitative estimate of drug-likeness (QED) is 0.725. The number of amides is 1. The maximum absolute atomic E-state index is 11.7. The summed E-state index contributed by atoms with van der Waals surface area (Å²) in [6.07, 6.45) is 3.38. The first-order valence-electron chi connectivity index (χ1n) is 5.95. The number of nitrogens with one attached hydrogen (secondary N) is 1. The number of benzene rings is 1. The van der Waals surface area contributed by atoms with Gasteiger partial charge in [0, 0.05) is 6.54 Å². The predicted molar refractivity (Wildman–Crippen MR) is 65.6 cm³/mol. The first-order valence-corrected chi connectivity index (χ1v) is 5.95. The summed E-state index contributed by atoms with van der Waals surface area (Å²) in [6.45, 7) is 0.586. The minimum Gasteiger partial charge on any atom is -0.508 e. The summed E-state index contributed by atoms with van der Waals surface area (Å²) in [6, 6.07) is 6.99. The summed E-state index contributed by atoms with van der Waals surface area (Å²) in [5, 5.41) is 12.0. The van der Waals surface area contributed by atoms with Gasteiger partial charge in [0.2, 0.25) is 5.91 Å². The molecule has 1 aliphatic carbocycles. The number of hydrogen-bond donors (Lipinski definition) is 3. The Morgan fingerprint density at radius 2 is 2.00 bits per heavy atom. The molecule has 1 saturated carbocycles. The lowest BCUT2D eigenvalue weighted by molar-refractivity contribution is -0.129. The van der Waals surface area contributed by atoms with E-state index in [0.29, 0.717) is 6.54 Å². The molecule has 2 rings (SSSR count).